The van der Waals surface area contributed by atoms with E-state index in [1.807, 2.05) is 23.4 Å². The first-order chi connectivity index (χ1) is 7.54. The van der Waals surface area contributed by atoms with Crippen molar-refractivity contribution in [3.05, 3.63) is 24.3 Å². The van der Waals surface area contributed by atoms with Gasteiger partial charge in [0.15, 0.2) is 0 Å². The Bertz CT molecular complexity index is 493. The van der Waals surface area contributed by atoms with Crippen LogP contribution in [0.15, 0.2) is 29.4 Å². The number of sulfonamides is 1. The van der Waals surface area contributed by atoms with Crippen LogP contribution in [0.1, 0.15) is 6.42 Å². The maximum atomic E-state index is 11.0. The molecule has 2 rings (SSSR count). The summed E-state index contributed by atoms with van der Waals surface area (Å²) in [6, 6.07) is 7.14. The first-order valence-electron chi connectivity index (χ1n) is 4.92. The second-order valence-corrected chi connectivity index (χ2v) is 5.38. The minimum absolute atomic E-state index is 0.564. The van der Waals surface area contributed by atoms with Gasteiger partial charge in [-0.1, -0.05) is 0 Å². The van der Waals surface area contributed by atoms with E-state index in [0.717, 1.165) is 24.9 Å². The standard InChI is InChI=1S/C10H13N3O2S/c1-16(14,15)12-9-3-5-10(6-4-9)13-8-2-7-11-13/h3-7,12H,2,8H2,1H3. The third-order valence-corrected chi connectivity index (χ3v) is 2.77. The van der Waals surface area contributed by atoms with Crippen molar-refractivity contribution in [1.82, 2.24) is 0 Å². The van der Waals surface area contributed by atoms with Gasteiger partial charge in [-0.25, -0.2) is 8.42 Å². The van der Waals surface area contributed by atoms with Crippen LogP contribution in [0.2, 0.25) is 0 Å². The van der Waals surface area contributed by atoms with Gasteiger partial charge in [-0.15, -0.1) is 0 Å². The Labute approximate surface area is 94.8 Å². The second-order valence-electron chi connectivity index (χ2n) is 3.63. The predicted octanol–water partition coefficient (Wildman–Crippen LogP) is 1.25. The molecule has 0 amide bonds. The summed E-state index contributed by atoms with van der Waals surface area (Å²) < 4.78 is 24.4. The predicted molar refractivity (Wildman–Crippen MR) is 65.4 cm³/mol. The molecular formula is C10H13N3O2S. The van der Waals surface area contributed by atoms with Gasteiger partial charge in [-0.3, -0.25) is 9.73 Å². The van der Waals surface area contributed by atoms with E-state index in [0.29, 0.717) is 5.69 Å². The van der Waals surface area contributed by atoms with Crippen LogP contribution in [-0.2, 0) is 10.0 Å². The van der Waals surface area contributed by atoms with Crippen LogP contribution in [0, 0.1) is 0 Å². The molecule has 6 heteroatoms. The van der Waals surface area contributed by atoms with E-state index in [1.54, 1.807) is 12.1 Å². The molecule has 1 aromatic rings. The number of rotatable bonds is 3. The minimum atomic E-state index is -3.20. The van der Waals surface area contributed by atoms with Crippen molar-refractivity contribution in [3.8, 4) is 0 Å². The van der Waals surface area contributed by atoms with Crippen molar-refractivity contribution >= 4 is 27.6 Å². The van der Waals surface area contributed by atoms with Gasteiger partial charge in [-0.05, 0) is 24.3 Å². The summed E-state index contributed by atoms with van der Waals surface area (Å²) >= 11 is 0. The third kappa shape index (κ3) is 2.73. The average Bonchev–Trinajstić information content (AvgIpc) is 2.69. The lowest BCUT2D eigenvalue weighted by Gasteiger charge is -2.14. The molecule has 0 atom stereocenters. The van der Waals surface area contributed by atoms with Crippen molar-refractivity contribution in [1.29, 1.82) is 0 Å². The Morgan fingerprint density at radius 2 is 2.00 bits per heavy atom. The van der Waals surface area contributed by atoms with Crippen LogP contribution < -0.4 is 9.73 Å². The monoisotopic (exact) mass is 239 g/mol. The normalized spacial score (nSPS) is 15.4. The van der Waals surface area contributed by atoms with Gasteiger partial charge in [0.25, 0.3) is 0 Å². The molecule has 0 radical (unpaired) electrons. The van der Waals surface area contributed by atoms with Gasteiger partial charge in [0.05, 0.1) is 11.9 Å². The van der Waals surface area contributed by atoms with Gasteiger partial charge < -0.3 is 0 Å². The van der Waals surface area contributed by atoms with E-state index in [9.17, 15) is 8.42 Å². The molecule has 5 nitrogen and oxygen atoms in total. The molecular weight excluding hydrogens is 226 g/mol. The van der Waals surface area contributed by atoms with Crippen LogP contribution in [0.5, 0.6) is 0 Å². The summed E-state index contributed by atoms with van der Waals surface area (Å²) in [7, 11) is -3.20. The summed E-state index contributed by atoms with van der Waals surface area (Å²) in [5.41, 5.74) is 1.53. The van der Waals surface area contributed by atoms with Crippen molar-refractivity contribution in [2.45, 2.75) is 6.42 Å². The van der Waals surface area contributed by atoms with Crippen molar-refractivity contribution in [2.24, 2.45) is 5.10 Å². The van der Waals surface area contributed by atoms with E-state index in [4.69, 9.17) is 0 Å². The van der Waals surface area contributed by atoms with Gasteiger partial charge in [0.1, 0.15) is 0 Å². The zero-order valence-corrected chi connectivity index (χ0v) is 9.74. The zero-order chi connectivity index (χ0) is 11.6. The molecule has 1 aliphatic heterocycles. The highest BCUT2D eigenvalue weighted by Gasteiger charge is 2.08. The lowest BCUT2D eigenvalue weighted by Crippen LogP contribution is -2.12. The van der Waals surface area contributed by atoms with Crippen LogP contribution in [0.3, 0.4) is 0 Å². The number of benzene rings is 1. The molecule has 0 aliphatic carbocycles. The van der Waals surface area contributed by atoms with E-state index in [2.05, 4.69) is 9.82 Å². The van der Waals surface area contributed by atoms with Crippen molar-refractivity contribution in [2.75, 3.05) is 22.5 Å². The lowest BCUT2D eigenvalue weighted by molar-refractivity contribution is 0.607. The van der Waals surface area contributed by atoms with Crippen molar-refractivity contribution < 1.29 is 8.42 Å². The fraction of sp³-hybridized carbons (Fsp3) is 0.300. The molecule has 0 fully saturated rings. The Morgan fingerprint density at radius 1 is 1.31 bits per heavy atom. The summed E-state index contributed by atoms with van der Waals surface area (Å²) in [5.74, 6) is 0. The largest absolute Gasteiger partial charge is 0.284 e. The first-order valence-corrected chi connectivity index (χ1v) is 6.81. The second kappa shape index (κ2) is 4.13. The van der Waals surface area contributed by atoms with Gasteiger partial charge in [0.2, 0.25) is 10.0 Å². The quantitative estimate of drug-likeness (QED) is 0.863. The van der Waals surface area contributed by atoms with Gasteiger partial charge in [0, 0.05) is 24.9 Å². The summed E-state index contributed by atoms with van der Waals surface area (Å²) in [5, 5.41) is 6.06. The molecule has 0 saturated heterocycles. The maximum absolute atomic E-state index is 11.0. The molecule has 0 bridgehead atoms. The maximum Gasteiger partial charge on any atom is 0.229 e. The highest BCUT2D eigenvalue weighted by molar-refractivity contribution is 7.92. The molecule has 1 aliphatic rings. The van der Waals surface area contributed by atoms with Crippen LogP contribution in [0.25, 0.3) is 0 Å². The Kier molecular flexibility index (Phi) is 2.82. The fourth-order valence-corrected chi connectivity index (χ4v) is 2.07. The smallest absolute Gasteiger partial charge is 0.229 e. The third-order valence-electron chi connectivity index (χ3n) is 2.16. The van der Waals surface area contributed by atoms with E-state index < -0.39 is 10.0 Å². The average molecular weight is 239 g/mol. The molecule has 0 unspecified atom stereocenters. The number of anilines is 2. The van der Waals surface area contributed by atoms with Crippen LogP contribution >= 0.6 is 0 Å². The molecule has 0 spiro atoms. The summed E-state index contributed by atoms with van der Waals surface area (Å²) in [6.45, 7) is 0.874. The van der Waals surface area contributed by atoms with Crippen molar-refractivity contribution in [3.63, 3.8) is 0 Å². The highest BCUT2D eigenvalue weighted by atomic mass is 32.2. The van der Waals surface area contributed by atoms with Crippen LogP contribution in [0.4, 0.5) is 11.4 Å². The number of nitrogens with zero attached hydrogens (tertiary/aromatic N) is 2. The molecule has 16 heavy (non-hydrogen) atoms. The Morgan fingerprint density at radius 3 is 2.50 bits per heavy atom. The Balaban J connectivity index is 2.13. The van der Waals surface area contributed by atoms with Crippen LogP contribution in [-0.4, -0.2) is 27.4 Å². The van der Waals surface area contributed by atoms with E-state index >= 15 is 0 Å². The first kappa shape index (κ1) is 10.9. The van der Waals surface area contributed by atoms with E-state index in [1.165, 1.54) is 0 Å². The number of hydrogen-bond donors (Lipinski definition) is 1. The fourth-order valence-electron chi connectivity index (χ4n) is 1.51. The molecule has 86 valence electrons. The van der Waals surface area contributed by atoms with Gasteiger partial charge >= 0.3 is 0 Å². The zero-order valence-electron chi connectivity index (χ0n) is 8.92. The molecule has 1 aromatic carbocycles. The Hall–Kier alpha value is -1.56. The molecule has 0 saturated carbocycles. The molecule has 0 aromatic heterocycles. The summed E-state index contributed by atoms with van der Waals surface area (Å²) in [6.07, 6.45) is 3.94. The summed E-state index contributed by atoms with van der Waals surface area (Å²) in [4.78, 5) is 0. The lowest BCUT2D eigenvalue weighted by atomic mass is 10.3. The number of hydrazone groups is 1. The number of nitrogens with one attached hydrogen (secondary N) is 1. The molecule has 1 heterocycles. The highest BCUT2D eigenvalue weighted by Crippen LogP contribution is 2.20. The molecule has 1 N–H and O–H groups in total. The number of hydrogen-bond acceptors (Lipinski definition) is 4. The minimum Gasteiger partial charge on any atom is -0.284 e. The van der Waals surface area contributed by atoms with E-state index in [-0.39, 0.29) is 0 Å². The topological polar surface area (TPSA) is 61.8 Å². The van der Waals surface area contributed by atoms with Gasteiger partial charge in [-0.2, -0.15) is 5.10 Å². The SMILES string of the molecule is CS(=O)(=O)Nc1ccc(N2CCC=N2)cc1.